The number of carbonyl (C=O) groups is 1. The average Bonchev–Trinajstić information content (AvgIpc) is 2.19. The first-order valence-electron chi connectivity index (χ1n) is 4.31. The summed E-state index contributed by atoms with van der Waals surface area (Å²) in [4.78, 5) is 14.6. The lowest BCUT2D eigenvalue weighted by Gasteiger charge is -1.99. The molecule has 0 aliphatic heterocycles. The highest BCUT2D eigenvalue weighted by atomic mass is 32.1. The summed E-state index contributed by atoms with van der Waals surface area (Å²) in [5, 5.41) is 3.80. The van der Waals surface area contributed by atoms with Crippen molar-refractivity contribution in [1.29, 1.82) is 0 Å². The first-order chi connectivity index (χ1) is 7.58. The Balaban J connectivity index is 2.60. The standard InChI is InChI=1S/C9H10N4O2S/c1-6(14)15-8-3-2-7(11-5-8)4-12-13-9(10)16/h2-5H,1H3,(H3,10,13,16)/b12-4+. The molecule has 0 atom stereocenters. The third-order valence-corrected chi connectivity index (χ3v) is 1.48. The van der Waals surface area contributed by atoms with E-state index in [1.807, 2.05) is 0 Å². The van der Waals surface area contributed by atoms with Crippen LogP contribution in [0.1, 0.15) is 12.6 Å². The van der Waals surface area contributed by atoms with Crippen LogP contribution in [0.3, 0.4) is 0 Å². The Bertz CT molecular complexity index is 416. The molecule has 0 radical (unpaired) electrons. The van der Waals surface area contributed by atoms with Gasteiger partial charge in [0.05, 0.1) is 18.1 Å². The number of nitrogens with two attached hydrogens (primary N) is 1. The van der Waals surface area contributed by atoms with Crippen LogP contribution in [0.4, 0.5) is 0 Å². The fourth-order valence-electron chi connectivity index (χ4n) is 0.856. The number of carbonyl (C=O) groups excluding carboxylic acids is 1. The zero-order chi connectivity index (χ0) is 12.0. The lowest BCUT2D eigenvalue weighted by atomic mass is 10.3. The Morgan fingerprint density at radius 2 is 2.44 bits per heavy atom. The van der Waals surface area contributed by atoms with E-state index in [1.54, 1.807) is 12.1 Å². The van der Waals surface area contributed by atoms with E-state index >= 15 is 0 Å². The van der Waals surface area contributed by atoms with Crippen molar-refractivity contribution in [2.45, 2.75) is 6.92 Å². The third-order valence-electron chi connectivity index (χ3n) is 1.39. The molecule has 0 spiro atoms. The molecule has 0 bridgehead atoms. The van der Waals surface area contributed by atoms with Crippen molar-refractivity contribution >= 4 is 29.5 Å². The number of hydrazone groups is 1. The van der Waals surface area contributed by atoms with Gasteiger partial charge in [-0.1, -0.05) is 0 Å². The molecule has 1 rings (SSSR count). The second kappa shape index (κ2) is 5.76. The predicted octanol–water partition coefficient (Wildman–Crippen LogP) is 0.174. The SMILES string of the molecule is CC(=O)Oc1ccc(/C=N/NC(N)=S)nc1. The Kier molecular flexibility index (Phi) is 4.34. The molecule has 0 aromatic carbocycles. The maximum absolute atomic E-state index is 10.6. The molecule has 1 heterocycles. The van der Waals surface area contributed by atoms with Crippen molar-refractivity contribution in [1.82, 2.24) is 10.4 Å². The molecule has 0 fully saturated rings. The van der Waals surface area contributed by atoms with E-state index in [1.165, 1.54) is 19.3 Å². The second-order valence-corrected chi connectivity index (χ2v) is 3.19. The van der Waals surface area contributed by atoms with Gasteiger partial charge in [0.15, 0.2) is 5.11 Å². The summed E-state index contributed by atoms with van der Waals surface area (Å²) in [6.07, 6.45) is 2.86. The van der Waals surface area contributed by atoms with Crippen LogP contribution in [-0.2, 0) is 4.79 Å². The zero-order valence-corrected chi connectivity index (χ0v) is 9.32. The molecule has 0 saturated heterocycles. The van der Waals surface area contributed by atoms with Gasteiger partial charge in [-0.2, -0.15) is 5.10 Å². The molecule has 1 aromatic heterocycles. The van der Waals surface area contributed by atoms with Gasteiger partial charge < -0.3 is 10.5 Å². The average molecular weight is 238 g/mol. The molecule has 0 saturated carbocycles. The van der Waals surface area contributed by atoms with Crippen LogP contribution in [0.15, 0.2) is 23.4 Å². The molecule has 0 amide bonds. The number of nitrogens with one attached hydrogen (secondary N) is 1. The molecule has 6 nitrogen and oxygen atoms in total. The summed E-state index contributed by atoms with van der Waals surface area (Å²) < 4.78 is 4.81. The number of rotatable bonds is 3. The van der Waals surface area contributed by atoms with Gasteiger partial charge >= 0.3 is 5.97 Å². The summed E-state index contributed by atoms with van der Waals surface area (Å²) in [7, 11) is 0. The first kappa shape index (κ1) is 12.1. The number of thiocarbonyl (C=S) groups is 1. The fourth-order valence-corrected chi connectivity index (χ4v) is 0.909. The number of ether oxygens (including phenoxy) is 1. The van der Waals surface area contributed by atoms with E-state index in [9.17, 15) is 4.79 Å². The van der Waals surface area contributed by atoms with Gasteiger partial charge in [0, 0.05) is 6.92 Å². The Morgan fingerprint density at radius 1 is 1.69 bits per heavy atom. The number of pyridine rings is 1. The highest BCUT2D eigenvalue weighted by Gasteiger charge is 1.97. The van der Waals surface area contributed by atoms with Gasteiger partial charge in [-0.15, -0.1) is 0 Å². The van der Waals surface area contributed by atoms with Crippen LogP contribution in [0.25, 0.3) is 0 Å². The van der Waals surface area contributed by atoms with Crippen molar-refractivity contribution < 1.29 is 9.53 Å². The van der Waals surface area contributed by atoms with Gasteiger partial charge in [0.25, 0.3) is 0 Å². The molecule has 0 aliphatic carbocycles. The van der Waals surface area contributed by atoms with Gasteiger partial charge in [-0.05, 0) is 24.4 Å². The van der Waals surface area contributed by atoms with Crippen molar-refractivity contribution in [2.75, 3.05) is 0 Å². The highest BCUT2D eigenvalue weighted by molar-refractivity contribution is 7.80. The Hall–Kier alpha value is -2.02. The molecule has 0 aliphatic rings. The zero-order valence-electron chi connectivity index (χ0n) is 8.51. The number of hydrogen-bond acceptors (Lipinski definition) is 5. The second-order valence-electron chi connectivity index (χ2n) is 2.75. The van der Waals surface area contributed by atoms with Crippen molar-refractivity contribution in [3.8, 4) is 5.75 Å². The summed E-state index contributed by atoms with van der Waals surface area (Å²) >= 11 is 4.55. The number of aromatic nitrogens is 1. The van der Waals surface area contributed by atoms with Crippen LogP contribution in [-0.4, -0.2) is 22.3 Å². The maximum Gasteiger partial charge on any atom is 0.308 e. The maximum atomic E-state index is 10.6. The highest BCUT2D eigenvalue weighted by Crippen LogP contribution is 2.07. The monoisotopic (exact) mass is 238 g/mol. The predicted molar refractivity (Wildman–Crippen MR) is 63.1 cm³/mol. The van der Waals surface area contributed by atoms with Crippen LogP contribution < -0.4 is 15.9 Å². The Morgan fingerprint density at radius 3 is 2.94 bits per heavy atom. The van der Waals surface area contributed by atoms with Crippen LogP contribution >= 0.6 is 12.2 Å². The smallest absolute Gasteiger partial charge is 0.308 e. The summed E-state index contributed by atoms with van der Waals surface area (Å²) in [5.74, 6) is -0.00896. The molecule has 1 aromatic rings. The third kappa shape index (κ3) is 4.47. The minimum Gasteiger partial charge on any atom is -0.425 e. The number of hydrogen-bond donors (Lipinski definition) is 2. The molecular weight excluding hydrogens is 228 g/mol. The number of esters is 1. The van der Waals surface area contributed by atoms with Crippen LogP contribution in [0.5, 0.6) is 5.75 Å². The molecular formula is C9H10N4O2S. The fraction of sp³-hybridized carbons (Fsp3) is 0.111. The van der Waals surface area contributed by atoms with E-state index in [0.717, 1.165) is 0 Å². The van der Waals surface area contributed by atoms with Crippen LogP contribution in [0.2, 0.25) is 0 Å². The van der Waals surface area contributed by atoms with Crippen molar-refractivity contribution in [3.05, 3.63) is 24.0 Å². The van der Waals surface area contributed by atoms with Crippen molar-refractivity contribution in [2.24, 2.45) is 10.8 Å². The molecule has 0 unspecified atom stereocenters. The quantitative estimate of drug-likeness (QED) is 0.338. The van der Waals surface area contributed by atoms with E-state index in [0.29, 0.717) is 11.4 Å². The summed E-state index contributed by atoms with van der Waals surface area (Å²) in [6, 6.07) is 3.25. The first-order valence-corrected chi connectivity index (χ1v) is 4.72. The van der Waals surface area contributed by atoms with Gasteiger partial charge in [0.1, 0.15) is 5.75 Å². The summed E-state index contributed by atoms with van der Waals surface area (Å²) in [6.45, 7) is 1.32. The molecule has 7 heteroatoms. The van der Waals surface area contributed by atoms with E-state index in [-0.39, 0.29) is 5.11 Å². The Labute approximate surface area is 97.5 Å². The number of nitrogens with zero attached hydrogens (tertiary/aromatic N) is 2. The van der Waals surface area contributed by atoms with Crippen LogP contribution in [0, 0.1) is 0 Å². The largest absolute Gasteiger partial charge is 0.425 e. The minimum atomic E-state index is -0.390. The molecule has 3 N–H and O–H groups in total. The lowest BCUT2D eigenvalue weighted by molar-refractivity contribution is -0.131. The van der Waals surface area contributed by atoms with E-state index < -0.39 is 5.97 Å². The lowest BCUT2D eigenvalue weighted by Crippen LogP contribution is -2.24. The van der Waals surface area contributed by atoms with E-state index in [4.69, 9.17) is 10.5 Å². The molecule has 84 valence electrons. The van der Waals surface area contributed by atoms with Gasteiger partial charge in [-0.25, -0.2) is 0 Å². The topological polar surface area (TPSA) is 89.6 Å². The normalized spacial score (nSPS) is 10.1. The van der Waals surface area contributed by atoms with Gasteiger partial charge in [0.2, 0.25) is 0 Å². The minimum absolute atomic E-state index is 0.0767. The van der Waals surface area contributed by atoms with Crippen molar-refractivity contribution in [3.63, 3.8) is 0 Å². The van der Waals surface area contributed by atoms with E-state index in [2.05, 4.69) is 27.7 Å². The van der Waals surface area contributed by atoms with Gasteiger partial charge in [-0.3, -0.25) is 15.2 Å². The summed E-state index contributed by atoms with van der Waals surface area (Å²) in [5.41, 5.74) is 8.14. The molecule has 16 heavy (non-hydrogen) atoms.